The summed E-state index contributed by atoms with van der Waals surface area (Å²) in [5.74, 6) is 0. The molecule has 0 bridgehead atoms. The lowest BCUT2D eigenvalue weighted by Gasteiger charge is -2.05. The third-order valence-electron chi connectivity index (χ3n) is 1.65. The summed E-state index contributed by atoms with van der Waals surface area (Å²) in [6.45, 7) is 2.71. The van der Waals surface area contributed by atoms with Crippen LogP contribution in [0.25, 0.3) is 0 Å². The molecule has 3 heteroatoms. The highest BCUT2D eigenvalue weighted by molar-refractivity contribution is 9.11. The van der Waals surface area contributed by atoms with Crippen LogP contribution in [0.3, 0.4) is 0 Å². The van der Waals surface area contributed by atoms with Gasteiger partial charge in [-0.25, -0.2) is 0 Å². The average Bonchev–Trinajstić information content (AvgIpc) is 2.01. The zero-order chi connectivity index (χ0) is 9.14. The maximum atomic E-state index is 5.04. The second kappa shape index (κ2) is 4.40. The number of halogens is 2. The van der Waals surface area contributed by atoms with Crippen LogP contribution >= 0.6 is 31.9 Å². The van der Waals surface area contributed by atoms with Crippen molar-refractivity contribution in [3.05, 3.63) is 32.2 Å². The second-order valence-corrected chi connectivity index (χ2v) is 4.33. The number of rotatable bonds is 2. The van der Waals surface area contributed by atoms with E-state index < -0.39 is 0 Å². The molecule has 0 N–H and O–H groups in total. The van der Waals surface area contributed by atoms with Crippen molar-refractivity contribution in [3.63, 3.8) is 0 Å². The van der Waals surface area contributed by atoms with Gasteiger partial charge >= 0.3 is 0 Å². The number of benzene rings is 1. The molecule has 0 saturated carbocycles. The first-order valence-electron chi connectivity index (χ1n) is 3.58. The van der Waals surface area contributed by atoms with Gasteiger partial charge in [0.1, 0.15) is 0 Å². The fourth-order valence-electron chi connectivity index (χ4n) is 0.948. The Morgan fingerprint density at radius 1 is 1.25 bits per heavy atom. The minimum atomic E-state index is 0.650. The maximum Gasteiger partial charge on any atom is 0.0713 e. The highest BCUT2D eigenvalue weighted by Crippen LogP contribution is 2.26. The van der Waals surface area contributed by atoms with Crippen LogP contribution in [0.4, 0.5) is 0 Å². The van der Waals surface area contributed by atoms with E-state index in [2.05, 4.69) is 50.9 Å². The first kappa shape index (κ1) is 10.2. The predicted octanol–water partition coefficient (Wildman–Crippen LogP) is 3.67. The van der Waals surface area contributed by atoms with Crippen LogP contribution in [-0.4, -0.2) is 7.11 Å². The topological polar surface area (TPSA) is 9.23 Å². The normalized spacial score (nSPS) is 10.3. The highest BCUT2D eigenvalue weighted by Gasteiger charge is 2.02. The molecule has 0 radical (unpaired) electrons. The van der Waals surface area contributed by atoms with E-state index in [-0.39, 0.29) is 0 Å². The average molecular weight is 294 g/mol. The zero-order valence-corrected chi connectivity index (χ0v) is 10.2. The van der Waals surface area contributed by atoms with Gasteiger partial charge in [0.15, 0.2) is 0 Å². The molecule has 0 saturated heterocycles. The number of methoxy groups -OCH3 is 1. The molecule has 0 atom stereocenters. The van der Waals surface area contributed by atoms with Crippen LogP contribution in [0.2, 0.25) is 0 Å². The Balaban J connectivity index is 3.04. The van der Waals surface area contributed by atoms with Gasteiger partial charge in [0.2, 0.25) is 0 Å². The molecule has 12 heavy (non-hydrogen) atoms. The minimum Gasteiger partial charge on any atom is -0.380 e. The van der Waals surface area contributed by atoms with Crippen molar-refractivity contribution in [1.82, 2.24) is 0 Å². The molecule has 0 heterocycles. The summed E-state index contributed by atoms with van der Waals surface area (Å²) in [6.07, 6.45) is 0. The minimum absolute atomic E-state index is 0.650. The van der Waals surface area contributed by atoms with Gasteiger partial charge in [0.25, 0.3) is 0 Å². The SMILES string of the molecule is COCc1cc(Br)c(C)c(Br)c1. The molecule has 1 nitrogen and oxygen atoms in total. The highest BCUT2D eigenvalue weighted by atomic mass is 79.9. The lowest BCUT2D eigenvalue weighted by atomic mass is 10.2. The monoisotopic (exact) mass is 292 g/mol. The van der Waals surface area contributed by atoms with Gasteiger partial charge in [-0.3, -0.25) is 0 Å². The second-order valence-electron chi connectivity index (χ2n) is 2.62. The van der Waals surface area contributed by atoms with Crippen molar-refractivity contribution in [2.75, 3.05) is 7.11 Å². The Bertz CT molecular complexity index is 261. The third kappa shape index (κ3) is 2.31. The van der Waals surface area contributed by atoms with Gasteiger partial charge < -0.3 is 4.74 Å². The molecule has 0 aliphatic rings. The lowest BCUT2D eigenvalue weighted by molar-refractivity contribution is 0.185. The van der Waals surface area contributed by atoms with Gasteiger partial charge in [-0.15, -0.1) is 0 Å². The summed E-state index contributed by atoms with van der Waals surface area (Å²) in [5, 5.41) is 0. The van der Waals surface area contributed by atoms with Crippen molar-refractivity contribution in [2.45, 2.75) is 13.5 Å². The first-order chi connectivity index (χ1) is 5.65. The molecule has 0 spiro atoms. The maximum absolute atomic E-state index is 5.04. The van der Waals surface area contributed by atoms with Crippen LogP contribution in [-0.2, 0) is 11.3 Å². The van der Waals surface area contributed by atoms with Crippen molar-refractivity contribution in [3.8, 4) is 0 Å². The third-order valence-corrected chi connectivity index (χ3v) is 3.30. The van der Waals surface area contributed by atoms with Gasteiger partial charge in [0, 0.05) is 16.1 Å². The molecular weight excluding hydrogens is 284 g/mol. The Kier molecular flexibility index (Phi) is 3.75. The van der Waals surface area contributed by atoms with Crippen LogP contribution in [0, 0.1) is 6.92 Å². The number of hydrogen-bond donors (Lipinski definition) is 0. The molecule has 66 valence electrons. The molecule has 0 fully saturated rings. The largest absolute Gasteiger partial charge is 0.380 e. The van der Waals surface area contributed by atoms with E-state index in [1.165, 1.54) is 11.1 Å². The van der Waals surface area contributed by atoms with Crippen molar-refractivity contribution >= 4 is 31.9 Å². The smallest absolute Gasteiger partial charge is 0.0713 e. The number of ether oxygens (including phenoxy) is 1. The van der Waals surface area contributed by atoms with Crippen LogP contribution in [0.1, 0.15) is 11.1 Å². The summed E-state index contributed by atoms with van der Waals surface area (Å²) in [7, 11) is 1.70. The Morgan fingerprint density at radius 3 is 2.17 bits per heavy atom. The predicted molar refractivity (Wildman–Crippen MR) is 57.3 cm³/mol. The summed E-state index contributed by atoms with van der Waals surface area (Å²) < 4.78 is 7.27. The fourth-order valence-corrected chi connectivity index (χ4v) is 2.23. The number of hydrogen-bond acceptors (Lipinski definition) is 1. The lowest BCUT2D eigenvalue weighted by Crippen LogP contribution is -1.89. The molecule has 0 aliphatic heterocycles. The van der Waals surface area contributed by atoms with Crippen molar-refractivity contribution < 1.29 is 4.74 Å². The molecule has 0 unspecified atom stereocenters. The Labute approximate surface area is 89.4 Å². The zero-order valence-electron chi connectivity index (χ0n) is 7.03. The van der Waals surface area contributed by atoms with E-state index in [0.717, 1.165) is 8.95 Å². The van der Waals surface area contributed by atoms with Crippen molar-refractivity contribution in [2.24, 2.45) is 0 Å². The first-order valence-corrected chi connectivity index (χ1v) is 5.17. The summed E-state index contributed by atoms with van der Waals surface area (Å²) in [6, 6.07) is 4.15. The van der Waals surface area contributed by atoms with E-state index in [4.69, 9.17) is 4.74 Å². The fraction of sp³-hybridized carbons (Fsp3) is 0.333. The van der Waals surface area contributed by atoms with E-state index in [1.54, 1.807) is 7.11 Å². The van der Waals surface area contributed by atoms with Crippen LogP contribution < -0.4 is 0 Å². The molecule has 1 aromatic carbocycles. The van der Waals surface area contributed by atoms with E-state index in [0.29, 0.717) is 6.61 Å². The standard InChI is InChI=1S/C9H10Br2O/c1-6-8(10)3-7(5-12-2)4-9(6)11/h3-4H,5H2,1-2H3. The summed E-state index contributed by atoms with van der Waals surface area (Å²) in [4.78, 5) is 0. The van der Waals surface area contributed by atoms with Gasteiger partial charge in [-0.05, 0) is 30.2 Å². The van der Waals surface area contributed by atoms with Gasteiger partial charge in [-0.1, -0.05) is 31.9 Å². The van der Waals surface area contributed by atoms with E-state index >= 15 is 0 Å². The Hall–Kier alpha value is 0.140. The van der Waals surface area contributed by atoms with Crippen LogP contribution in [0.15, 0.2) is 21.1 Å². The molecule has 1 rings (SSSR count). The van der Waals surface area contributed by atoms with Gasteiger partial charge in [-0.2, -0.15) is 0 Å². The molecule has 0 aromatic heterocycles. The molecule has 0 aliphatic carbocycles. The quantitative estimate of drug-likeness (QED) is 0.808. The Morgan fingerprint density at radius 2 is 1.75 bits per heavy atom. The van der Waals surface area contributed by atoms with Gasteiger partial charge in [0.05, 0.1) is 6.61 Å². The molecule has 1 aromatic rings. The molecule has 0 amide bonds. The summed E-state index contributed by atoms with van der Waals surface area (Å²) in [5.41, 5.74) is 2.39. The van der Waals surface area contributed by atoms with E-state index in [1.807, 2.05) is 0 Å². The summed E-state index contributed by atoms with van der Waals surface area (Å²) >= 11 is 6.96. The van der Waals surface area contributed by atoms with Crippen molar-refractivity contribution in [1.29, 1.82) is 0 Å². The van der Waals surface area contributed by atoms with E-state index in [9.17, 15) is 0 Å². The van der Waals surface area contributed by atoms with Crippen LogP contribution in [0.5, 0.6) is 0 Å². The molecular formula is C9H10Br2O.